The highest BCUT2D eigenvalue weighted by atomic mass is 79.9. The molecule has 0 saturated carbocycles. The number of halogens is 1. The van der Waals surface area contributed by atoms with Crippen LogP contribution in [-0.2, 0) is 0 Å². The molecule has 1 heterocycles. The summed E-state index contributed by atoms with van der Waals surface area (Å²) in [5.41, 5.74) is 2.43. The highest BCUT2D eigenvalue weighted by molar-refractivity contribution is 9.10. The van der Waals surface area contributed by atoms with E-state index in [2.05, 4.69) is 38.1 Å². The number of hydrogen-bond acceptors (Lipinski definition) is 4. The molecule has 1 fully saturated rings. The fraction of sp³-hybridized carbons (Fsp3) is 0.261. The molecule has 150 valence electrons. The number of likely N-dealkylation sites (N-methyl/N-ethyl adjacent to an activating group) is 1. The van der Waals surface area contributed by atoms with E-state index in [0.29, 0.717) is 5.56 Å². The molecule has 4 rings (SSSR count). The third kappa shape index (κ3) is 4.09. The van der Waals surface area contributed by atoms with Crippen LogP contribution < -0.4 is 15.0 Å². The third-order valence-corrected chi connectivity index (χ3v) is 6.09. The Kier molecular flexibility index (Phi) is 5.74. The average molecular weight is 454 g/mol. The summed E-state index contributed by atoms with van der Waals surface area (Å²) in [5.74, 6) is 0.699. The van der Waals surface area contributed by atoms with Gasteiger partial charge in [0.1, 0.15) is 5.75 Å². The van der Waals surface area contributed by atoms with E-state index in [4.69, 9.17) is 4.74 Å². The van der Waals surface area contributed by atoms with Crippen LogP contribution in [0.2, 0.25) is 0 Å². The first-order valence-corrected chi connectivity index (χ1v) is 10.5. The minimum absolute atomic E-state index is 0.122. The summed E-state index contributed by atoms with van der Waals surface area (Å²) in [7, 11) is 3.81. The van der Waals surface area contributed by atoms with Gasteiger partial charge in [-0.15, -0.1) is 0 Å². The Bertz CT molecular complexity index is 1050. The molecule has 3 aromatic rings. The SMILES string of the molecule is COc1ccc(NC(=O)c2ccc(Br)c3ccccc23)cc1N1CCN(C)CC1. The predicted molar refractivity (Wildman–Crippen MR) is 122 cm³/mol. The van der Waals surface area contributed by atoms with Crippen LogP contribution in [-0.4, -0.2) is 51.1 Å². The summed E-state index contributed by atoms with van der Waals surface area (Å²) in [4.78, 5) is 17.7. The van der Waals surface area contributed by atoms with E-state index in [-0.39, 0.29) is 5.91 Å². The molecule has 1 aliphatic rings. The monoisotopic (exact) mass is 453 g/mol. The van der Waals surface area contributed by atoms with Crippen LogP contribution >= 0.6 is 15.9 Å². The molecule has 5 nitrogen and oxygen atoms in total. The van der Waals surface area contributed by atoms with Gasteiger partial charge in [-0.1, -0.05) is 40.2 Å². The van der Waals surface area contributed by atoms with Crippen LogP contribution in [0.15, 0.2) is 59.1 Å². The Morgan fingerprint density at radius 3 is 2.45 bits per heavy atom. The minimum Gasteiger partial charge on any atom is -0.495 e. The highest BCUT2D eigenvalue weighted by Crippen LogP contribution is 2.33. The van der Waals surface area contributed by atoms with E-state index in [1.54, 1.807) is 7.11 Å². The Morgan fingerprint density at radius 2 is 1.72 bits per heavy atom. The summed E-state index contributed by atoms with van der Waals surface area (Å²) in [6.07, 6.45) is 0. The fourth-order valence-electron chi connectivity index (χ4n) is 3.72. The van der Waals surface area contributed by atoms with Crippen molar-refractivity contribution in [2.24, 2.45) is 0 Å². The average Bonchev–Trinajstić information content (AvgIpc) is 2.74. The molecule has 0 aliphatic carbocycles. The Balaban J connectivity index is 1.62. The molecule has 0 radical (unpaired) electrons. The lowest BCUT2D eigenvalue weighted by atomic mass is 10.0. The zero-order valence-corrected chi connectivity index (χ0v) is 18.2. The van der Waals surface area contributed by atoms with Crippen LogP contribution in [0.1, 0.15) is 10.4 Å². The highest BCUT2D eigenvalue weighted by Gasteiger charge is 2.19. The molecule has 0 bridgehead atoms. The number of nitrogens with zero attached hydrogens (tertiary/aromatic N) is 2. The number of piperazine rings is 1. The molecule has 0 spiro atoms. The van der Waals surface area contributed by atoms with Crippen molar-refractivity contribution in [1.82, 2.24) is 4.90 Å². The number of rotatable bonds is 4. The second-order valence-corrected chi connectivity index (χ2v) is 8.13. The Hall–Kier alpha value is -2.57. The molecule has 1 N–H and O–H groups in total. The summed E-state index contributed by atoms with van der Waals surface area (Å²) >= 11 is 3.57. The predicted octanol–water partition coefficient (Wildman–Crippen LogP) is 4.62. The van der Waals surface area contributed by atoms with E-state index in [1.807, 2.05) is 54.6 Å². The molecule has 1 saturated heterocycles. The van der Waals surface area contributed by atoms with Crippen LogP contribution in [0.3, 0.4) is 0 Å². The van der Waals surface area contributed by atoms with Gasteiger partial charge in [-0.25, -0.2) is 0 Å². The van der Waals surface area contributed by atoms with Crippen molar-refractivity contribution in [3.05, 3.63) is 64.6 Å². The smallest absolute Gasteiger partial charge is 0.256 e. The van der Waals surface area contributed by atoms with Crippen molar-refractivity contribution in [2.45, 2.75) is 0 Å². The number of benzene rings is 3. The number of fused-ring (bicyclic) bond motifs is 1. The van der Waals surface area contributed by atoms with E-state index in [1.165, 1.54) is 0 Å². The summed E-state index contributed by atoms with van der Waals surface area (Å²) in [5, 5.41) is 5.01. The quantitative estimate of drug-likeness (QED) is 0.625. The van der Waals surface area contributed by atoms with Crippen molar-refractivity contribution in [2.75, 3.05) is 50.6 Å². The maximum Gasteiger partial charge on any atom is 0.256 e. The molecule has 0 atom stereocenters. The number of ether oxygens (including phenoxy) is 1. The van der Waals surface area contributed by atoms with Crippen molar-refractivity contribution in [1.29, 1.82) is 0 Å². The molecule has 0 aromatic heterocycles. The lowest BCUT2D eigenvalue weighted by molar-refractivity contribution is 0.102. The normalized spacial score (nSPS) is 14.8. The number of carbonyl (C=O) groups excluding carboxylic acids is 1. The van der Waals surface area contributed by atoms with Gasteiger partial charge >= 0.3 is 0 Å². The molecular formula is C23H24BrN3O2. The Morgan fingerprint density at radius 1 is 1.00 bits per heavy atom. The number of hydrogen-bond donors (Lipinski definition) is 1. The first kappa shape index (κ1) is 19.7. The van der Waals surface area contributed by atoms with Gasteiger partial charge in [0.05, 0.1) is 12.8 Å². The van der Waals surface area contributed by atoms with Gasteiger partial charge in [-0.05, 0) is 48.2 Å². The first-order valence-electron chi connectivity index (χ1n) is 9.67. The first-order chi connectivity index (χ1) is 14.1. The number of carbonyl (C=O) groups is 1. The summed E-state index contributed by atoms with van der Waals surface area (Å²) in [6, 6.07) is 17.5. The van der Waals surface area contributed by atoms with Gasteiger partial charge in [0.2, 0.25) is 0 Å². The number of anilines is 2. The van der Waals surface area contributed by atoms with Crippen molar-refractivity contribution in [3.8, 4) is 5.75 Å². The standard InChI is InChI=1S/C23H24BrN3O2/c1-26-11-13-27(14-12-26)21-15-16(7-10-22(21)29-2)25-23(28)19-8-9-20(24)18-6-4-3-5-17(18)19/h3-10,15H,11-14H2,1-2H3,(H,25,28). The maximum atomic E-state index is 13.0. The topological polar surface area (TPSA) is 44.8 Å². The van der Waals surface area contributed by atoms with E-state index >= 15 is 0 Å². The molecule has 6 heteroatoms. The second kappa shape index (κ2) is 8.43. The van der Waals surface area contributed by atoms with E-state index in [0.717, 1.165) is 58.5 Å². The van der Waals surface area contributed by atoms with Crippen molar-refractivity contribution in [3.63, 3.8) is 0 Å². The lowest BCUT2D eigenvalue weighted by Gasteiger charge is -2.35. The van der Waals surface area contributed by atoms with Gasteiger partial charge in [-0.2, -0.15) is 0 Å². The number of amides is 1. The molecular weight excluding hydrogens is 430 g/mol. The van der Waals surface area contributed by atoms with E-state index < -0.39 is 0 Å². The molecule has 0 unspecified atom stereocenters. The zero-order valence-electron chi connectivity index (χ0n) is 16.6. The zero-order chi connectivity index (χ0) is 20.4. The largest absolute Gasteiger partial charge is 0.495 e. The van der Waals surface area contributed by atoms with Gasteiger partial charge in [0, 0.05) is 41.9 Å². The summed E-state index contributed by atoms with van der Waals surface area (Å²) in [6.45, 7) is 3.87. The molecule has 1 aliphatic heterocycles. The van der Waals surface area contributed by atoms with Crippen molar-refractivity contribution >= 4 is 44.0 Å². The lowest BCUT2D eigenvalue weighted by Crippen LogP contribution is -2.44. The molecule has 29 heavy (non-hydrogen) atoms. The minimum atomic E-state index is -0.122. The number of methoxy groups -OCH3 is 1. The van der Waals surface area contributed by atoms with Gasteiger partial charge < -0.3 is 19.9 Å². The van der Waals surface area contributed by atoms with Gasteiger partial charge in [-0.3, -0.25) is 4.79 Å². The van der Waals surface area contributed by atoms with Gasteiger partial charge in [0.15, 0.2) is 0 Å². The fourth-order valence-corrected chi connectivity index (χ4v) is 4.20. The van der Waals surface area contributed by atoms with Crippen LogP contribution in [0.5, 0.6) is 5.75 Å². The third-order valence-electron chi connectivity index (χ3n) is 5.40. The maximum absolute atomic E-state index is 13.0. The number of nitrogens with one attached hydrogen (secondary N) is 1. The van der Waals surface area contributed by atoms with Crippen LogP contribution in [0.25, 0.3) is 10.8 Å². The molecule has 1 amide bonds. The van der Waals surface area contributed by atoms with Crippen LogP contribution in [0.4, 0.5) is 11.4 Å². The van der Waals surface area contributed by atoms with Crippen molar-refractivity contribution < 1.29 is 9.53 Å². The van der Waals surface area contributed by atoms with E-state index in [9.17, 15) is 4.79 Å². The Labute approximate surface area is 179 Å². The summed E-state index contributed by atoms with van der Waals surface area (Å²) < 4.78 is 6.55. The van der Waals surface area contributed by atoms with Gasteiger partial charge in [0.25, 0.3) is 5.91 Å². The second-order valence-electron chi connectivity index (χ2n) is 7.27. The molecule has 3 aromatic carbocycles. The van der Waals surface area contributed by atoms with Crippen LogP contribution in [0, 0.1) is 0 Å².